The largest absolute Gasteiger partial charge is 0.311 e. The van der Waals surface area contributed by atoms with Crippen molar-refractivity contribution in [2.75, 3.05) is 17.7 Å². The molecule has 1 aliphatic heterocycles. The number of hydrogen-bond donors (Lipinski definition) is 0. The molecule has 1 saturated heterocycles. The van der Waals surface area contributed by atoms with Gasteiger partial charge in [0.25, 0.3) is 0 Å². The maximum Gasteiger partial charge on any atom is 0.240 e. The van der Waals surface area contributed by atoms with Crippen molar-refractivity contribution >= 4 is 39.3 Å². The van der Waals surface area contributed by atoms with E-state index in [9.17, 15) is 4.79 Å². The Labute approximate surface area is 102 Å². The lowest BCUT2D eigenvalue weighted by molar-refractivity contribution is -0.116. The fourth-order valence-corrected chi connectivity index (χ4v) is 2.52. The van der Waals surface area contributed by atoms with E-state index in [1.807, 2.05) is 23.3 Å². The van der Waals surface area contributed by atoms with Gasteiger partial charge in [0.2, 0.25) is 5.91 Å². The van der Waals surface area contributed by atoms with E-state index in [4.69, 9.17) is 0 Å². The minimum atomic E-state index is -0.00210. The van der Waals surface area contributed by atoms with Crippen LogP contribution >= 0.6 is 27.7 Å². The van der Waals surface area contributed by atoms with Crippen LogP contribution in [-0.2, 0) is 4.79 Å². The Bertz CT molecular complexity index is 365. The molecule has 1 fully saturated rings. The molecule has 0 saturated carbocycles. The molecule has 0 spiro atoms. The molecule has 2 rings (SSSR count). The van der Waals surface area contributed by atoms with E-state index < -0.39 is 0 Å². The lowest BCUT2D eigenvalue weighted by Gasteiger charge is -2.15. The Morgan fingerprint density at radius 3 is 2.53 bits per heavy atom. The Kier molecular flexibility index (Phi) is 3.36. The standard InChI is InChI=1S/C11H12BrNOS/c1-15-9-4-2-8(3-5-9)13-7-6-10(12)11(13)14/h2-5,10H,6-7H2,1H3. The third kappa shape index (κ3) is 2.21. The molecule has 1 amide bonds. The number of amides is 1. The van der Waals surface area contributed by atoms with E-state index in [0.29, 0.717) is 0 Å². The second-order valence-electron chi connectivity index (χ2n) is 3.44. The van der Waals surface area contributed by atoms with Crippen LogP contribution in [0.3, 0.4) is 0 Å². The number of anilines is 1. The summed E-state index contributed by atoms with van der Waals surface area (Å²) in [6, 6.07) is 8.12. The summed E-state index contributed by atoms with van der Waals surface area (Å²) in [5.74, 6) is 0.173. The Morgan fingerprint density at radius 1 is 1.40 bits per heavy atom. The first-order chi connectivity index (χ1) is 7.22. The molecule has 4 heteroatoms. The fraction of sp³-hybridized carbons (Fsp3) is 0.364. The zero-order valence-corrected chi connectivity index (χ0v) is 10.8. The number of nitrogens with zero attached hydrogens (tertiary/aromatic N) is 1. The Balaban J connectivity index is 2.19. The number of carbonyl (C=O) groups is 1. The van der Waals surface area contributed by atoms with Gasteiger partial charge in [-0.3, -0.25) is 4.79 Å². The van der Waals surface area contributed by atoms with Crippen LogP contribution in [0.2, 0.25) is 0 Å². The van der Waals surface area contributed by atoms with Crippen LogP contribution in [0.25, 0.3) is 0 Å². The number of halogens is 1. The first-order valence-electron chi connectivity index (χ1n) is 4.82. The van der Waals surface area contributed by atoms with Gasteiger partial charge in [0, 0.05) is 17.1 Å². The average molecular weight is 286 g/mol. The molecule has 1 atom stereocenters. The monoisotopic (exact) mass is 285 g/mol. The van der Waals surface area contributed by atoms with E-state index in [1.165, 1.54) is 4.90 Å². The van der Waals surface area contributed by atoms with Gasteiger partial charge < -0.3 is 4.90 Å². The highest BCUT2D eigenvalue weighted by molar-refractivity contribution is 9.10. The molecule has 0 bridgehead atoms. The summed E-state index contributed by atoms with van der Waals surface area (Å²) in [5.41, 5.74) is 1.000. The highest BCUT2D eigenvalue weighted by Crippen LogP contribution is 2.26. The van der Waals surface area contributed by atoms with Crippen LogP contribution in [0, 0.1) is 0 Å². The SMILES string of the molecule is CSc1ccc(N2CCC(Br)C2=O)cc1. The summed E-state index contributed by atoms with van der Waals surface area (Å²) in [6.45, 7) is 0.813. The van der Waals surface area contributed by atoms with Gasteiger partial charge in [0.1, 0.15) is 0 Å². The van der Waals surface area contributed by atoms with Gasteiger partial charge in [-0.2, -0.15) is 0 Å². The van der Waals surface area contributed by atoms with Crippen LogP contribution in [0.5, 0.6) is 0 Å². The van der Waals surface area contributed by atoms with Gasteiger partial charge in [0.15, 0.2) is 0 Å². The second-order valence-corrected chi connectivity index (χ2v) is 5.43. The molecular formula is C11H12BrNOS. The van der Waals surface area contributed by atoms with E-state index in [1.54, 1.807) is 11.8 Å². The quantitative estimate of drug-likeness (QED) is 0.615. The third-order valence-electron chi connectivity index (χ3n) is 2.52. The van der Waals surface area contributed by atoms with Crippen molar-refractivity contribution in [1.29, 1.82) is 0 Å². The minimum Gasteiger partial charge on any atom is -0.311 e. The average Bonchev–Trinajstić information content (AvgIpc) is 2.60. The Morgan fingerprint density at radius 2 is 2.07 bits per heavy atom. The van der Waals surface area contributed by atoms with Crippen LogP contribution in [0.4, 0.5) is 5.69 Å². The summed E-state index contributed by atoms with van der Waals surface area (Å²) < 4.78 is 0. The highest BCUT2D eigenvalue weighted by atomic mass is 79.9. The second kappa shape index (κ2) is 4.58. The van der Waals surface area contributed by atoms with E-state index in [-0.39, 0.29) is 10.7 Å². The molecule has 1 aromatic rings. The molecule has 1 unspecified atom stereocenters. The predicted molar refractivity (Wildman–Crippen MR) is 67.9 cm³/mol. The van der Waals surface area contributed by atoms with Crippen LogP contribution in [0.1, 0.15) is 6.42 Å². The number of thioether (sulfide) groups is 1. The van der Waals surface area contributed by atoms with E-state index in [0.717, 1.165) is 18.7 Å². The van der Waals surface area contributed by atoms with Gasteiger partial charge in [-0.15, -0.1) is 11.8 Å². The summed E-state index contributed by atoms with van der Waals surface area (Å²) in [4.78, 5) is 14.8. The number of benzene rings is 1. The van der Waals surface area contributed by atoms with Gasteiger partial charge in [-0.05, 0) is 36.9 Å². The van der Waals surface area contributed by atoms with Crippen molar-refractivity contribution in [3.63, 3.8) is 0 Å². The normalized spacial score (nSPS) is 21.1. The van der Waals surface area contributed by atoms with Crippen molar-refractivity contribution < 1.29 is 4.79 Å². The maximum atomic E-state index is 11.7. The molecule has 1 aliphatic rings. The molecule has 1 aromatic carbocycles. The first kappa shape index (κ1) is 11.0. The zero-order valence-electron chi connectivity index (χ0n) is 8.44. The lowest BCUT2D eigenvalue weighted by Crippen LogP contribution is -2.26. The molecule has 15 heavy (non-hydrogen) atoms. The number of carbonyl (C=O) groups excluding carboxylic acids is 1. The molecule has 0 radical (unpaired) electrons. The van der Waals surface area contributed by atoms with Crippen molar-refractivity contribution in [1.82, 2.24) is 0 Å². The summed E-state index contributed by atoms with van der Waals surface area (Å²) >= 11 is 5.08. The predicted octanol–water partition coefficient (Wildman–Crippen LogP) is 2.91. The molecule has 1 heterocycles. The number of hydrogen-bond acceptors (Lipinski definition) is 2. The fourth-order valence-electron chi connectivity index (χ4n) is 1.66. The topological polar surface area (TPSA) is 20.3 Å². The molecule has 0 aliphatic carbocycles. The molecule has 0 aromatic heterocycles. The van der Waals surface area contributed by atoms with Gasteiger partial charge in [-0.1, -0.05) is 15.9 Å². The molecule has 80 valence electrons. The number of rotatable bonds is 2. The van der Waals surface area contributed by atoms with Crippen molar-refractivity contribution in [2.45, 2.75) is 16.1 Å². The van der Waals surface area contributed by atoms with Crippen molar-refractivity contribution in [2.24, 2.45) is 0 Å². The minimum absolute atomic E-state index is 0.00210. The van der Waals surface area contributed by atoms with Gasteiger partial charge >= 0.3 is 0 Å². The first-order valence-corrected chi connectivity index (χ1v) is 6.96. The van der Waals surface area contributed by atoms with Gasteiger partial charge in [-0.25, -0.2) is 0 Å². The summed E-state index contributed by atoms with van der Waals surface area (Å²) in [7, 11) is 0. The summed E-state index contributed by atoms with van der Waals surface area (Å²) in [6.07, 6.45) is 2.94. The molecule has 0 N–H and O–H groups in total. The third-order valence-corrected chi connectivity index (χ3v) is 4.12. The number of alkyl halides is 1. The molecular weight excluding hydrogens is 274 g/mol. The summed E-state index contributed by atoms with van der Waals surface area (Å²) in [5, 5.41) is 0. The van der Waals surface area contributed by atoms with E-state index in [2.05, 4.69) is 28.1 Å². The van der Waals surface area contributed by atoms with Crippen LogP contribution in [0.15, 0.2) is 29.2 Å². The maximum absolute atomic E-state index is 11.7. The van der Waals surface area contributed by atoms with E-state index >= 15 is 0 Å². The molecule has 2 nitrogen and oxygen atoms in total. The van der Waals surface area contributed by atoms with Crippen molar-refractivity contribution in [3.8, 4) is 0 Å². The van der Waals surface area contributed by atoms with Crippen LogP contribution < -0.4 is 4.90 Å². The van der Waals surface area contributed by atoms with Gasteiger partial charge in [0.05, 0.1) is 4.83 Å². The lowest BCUT2D eigenvalue weighted by atomic mass is 10.3. The highest BCUT2D eigenvalue weighted by Gasteiger charge is 2.30. The zero-order chi connectivity index (χ0) is 10.8. The van der Waals surface area contributed by atoms with Crippen molar-refractivity contribution in [3.05, 3.63) is 24.3 Å². The van der Waals surface area contributed by atoms with Crippen LogP contribution in [-0.4, -0.2) is 23.5 Å². The Hall–Kier alpha value is -0.480. The smallest absolute Gasteiger partial charge is 0.240 e.